The molecule has 184 valence electrons. The highest BCUT2D eigenvalue weighted by molar-refractivity contribution is 5.47. The molecule has 1 aliphatic rings. The van der Waals surface area contributed by atoms with Crippen LogP contribution in [-0.2, 0) is 15.1 Å². The number of alkyl halides is 1. The Kier molecular flexibility index (Phi) is 6.67. The highest BCUT2D eigenvalue weighted by Crippen LogP contribution is 2.41. The maximum absolute atomic E-state index is 15.2. The number of nitrogens with one attached hydrogen (secondary N) is 1. The number of aromatic nitrogens is 2. The lowest BCUT2D eigenvalue weighted by atomic mass is 9.80. The third-order valence-corrected chi connectivity index (χ3v) is 6.62. The summed E-state index contributed by atoms with van der Waals surface area (Å²) in [6.45, 7) is 1.54. The van der Waals surface area contributed by atoms with E-state index in [4.69, 9.17) is 9.47 Å². The maximum atomic E-state index is 15.2. The number of aryl methyl sites for hydroxylation is 1. The van der Waals surface area contributed by atoms with Crippen molar-refractivity contribution in [1.29, 1.82) is 0 Å². The molecule has 5 rings (SSSR count). The molecule has 1 aliphatic heterocycles. The molecule has 4 aromatic rings. The first-order valence-electron chi connectivity index (χ1n) is 11.9. The van der Waals surface area contributed by atoms with Crippen LogP contribution >= 0.6 is 0 Å². The minimum atomic E-state index is -1.35. The summed E-state index contributed by atoms with van der Waals surface area (Å²) in [7, 11) is 0. The SMILES string of the molecule is Cc1cn([C@H]2CC(F)[C@@H](COC(c3ccccc3)(c3ccccc3)c3ccccc3)O2)c(=O)[nH]c1=O. The second-order valence-corrected chi connectivity index (χ2v) is 8.95. The molecule has 1 unspecified atom stereocenters. The van der Waals surface area contributed by atoms with Crippen LogP contribution in [0.15, 0.2) is 107 Å². The van der Waals surface area contributed by atoms with E-state index in [-0.39, 0.29) is 13.0 Å². The molecule has 1 saturated heterocycles. The van der Waals surface area contributed by atoms with Gasteiger partial charge in [-0.3, -0.25) is 14.3 Å². The number of H-pyrrole nitrogens is 1. The van der Waals surface area contributed by atoms with Gasteiger partial charge in [-0.15, -0.1) is 0 Å². The van der Waals surface area contributed by atoms with E-state index >= 15 is 4.39 Å². The van der Waals surface area contributed by atoms with Gasteiger partial charge < -0.3 is 9.47 Å². The van der Waals surface area contributed by atoms with E-state index in [1.807, 2.05) is 91.0 Å². The monoisotopic (exact) mass is 486 g/mol. The Morgan fingerprint density at radius 3 is 1.92 bits per heavy atom. The molecule has 36 heavy (non-hydrogen) atoms. The second kappa shape index (κ2) is 10.0. The number of aromatic amines is 1. The van der Waals surface area contributed by atoms with Gasteiger partial charge in [-0.05, 0) is 23.6 Å². The van der Waals surface area contributed by atoms with Crippen molar-refractivity contribution in [2.45, 2.75) is 37.4 Å². The summed E-state index contributed by atoms with van der Waals surface area (Å²) in [5.41, 5.74) is 0.959. The fourth-order valence-electron chi connectivity index (χ4n) is 4.79. The Morgan fingerprint density at radius 1 is 0.917 bits per heavy atom. The molecule has 0 aliphatic carbocycles. The zero-order valence-electron chi connectivity index (χ0n) is 19.8. The number of hydrogen-bond donors (Lipinski definition) is 1. The molecule has 3 aromatic carbocycles. The average molecular weight is 487 g/mol. The van der Waals surface area contributed by atoms with Gasteiger partial charge in [-0.1, -0.05) is 91.0 Å². The number of benzene rings is 3. The molecule has 0 radical (unpaired) electrons. The largest absolute Gasteiger partial charge is 0.358 e. The van der Waals surface area contributed by atoms with Crippen LogP contribution in [0.25, 0.3) is 0 Å². The molecule has 2 heterocycles. The number of halogens is 1. The molecule has 0 amide bonds. The zero-order valence-corrected chi connectivity index (χ0v) is 19.8. The normalized spacial score (nSPS) is 19.9. The molecular formula is C29H27FN2O4. The van der Waals surface area contributed by atoms with Gasteiger partial charge in [0.25, 0.3) is 5.56 Å². The van der Waals surface area contributed by atoms with Gasteiger partial charge in [0.15, 0.2) is 0 Å². The summed E-state index contributed by atoms with van der Waals surface area (Å²) in [5.74, 6) is 0. The lowest BCUT2D eigenvalue weighted by molar-refractivity contribution is -0.0868. The smallest absolute Gasteiger partial charge is 0.330 e. The zero-order chi connectivity index (χ0) is 25.1. The molecule has 1 aromatic heterocycles. The first-order chi connectivity index (χ1) is 17.5. The van der Waals surface area contributed by atoms with E-state index in [0.29, 0.717) is 5.56 Å². The van der Waals surface area contributed by atoms with Crippen LogP contribution in [0.3, 0.4) is 0 Å². The lowest BCUT2D eigenvalue weighted by Crippen LogP contribution is -2.37. The molecule has 6 nitrogen and oxygen atoms in total. The van der Waals surface area contributed by atoms with Crippen LogP contribution in [0.2, 0.25) is 0 Å². The number of nitrogens with zero attached hydrogens (tertiary/aromatic N) is 1. The molecule has 3 atom stereocenters. The average Bonchev–Trinajstić information content (AvgIpc) is 3.28. The third-order valence-electron chi connectivity index (χ3n) is 6.62. The van der Waals surface area contributed by atoms with Gasteiger partial charge in [-0.25, -0.2) is 9.18 Å². The van der Waals surface area contributed by atoms with Gasteiger partial charge in [-0.2, -0.15) is 0 Å². The minimum Gasteiger partial charge on any atom is -0.358 e. The molecule has 0 spiro atoms. The summed E-state index contributed by atoms with van der Waals surface area (Å²) >= 11 is 0. The minimum absolute atomic E-state index is 0.0194. The van der Waals surface area contributed by atoms with Crippen molar-refractivity contribution in [2.24, 2.45) is 0 Å². The summed E-state index contributed by atoms with van der Waals surface area (Å²) in [5, 5.41) is 0. The Balaban J connectivity index is 1.50. The van der Waals surface area contributed by atoms with Crippen molar-refractivity contribution in [3.05, 3.63) is 140 Å². The predicted octanol–water partition coefficient (Wildman–Crippen LogP) is 4.48. The van der Waals surface area contributed by atoms with Gasteiger partial charge >= 0.3 is 5.69 Å². The van der Waals surface area contributed by atoms with Crippen LogP contribution in [0.5, 0.6) is 0 Å². The van der Waals surface area contributed by atoms with Crippen LogP contribution in [0.1, 0.15) is 34.9 Å². The van der Waals surface area contributed by atoms with E-state index < -0.39 is 35.4 Å². The molecular weight excluding hydrogens is 459 g/mol. The molecule has 1 fully saturated rings. The van der Waals surface area contributed by atoms with Crippen LogP contribution in [-0.4, -0.2) is 28.4 Å². The number of hydrogen-bond acceptors (Lipinski definition) is 4. The fourth-order valence-corrected chi connectivity index (χ4v) is 4.79. The highest BCUT2D eigenvalue weighted by atomic mass is 19.1. The van der Waals surface area contributed by atoms with Gasteiger partial charge in [0, 0.05) is 18.2 Å². The Labute approximate surface area is 208 Å². The summed E-state index contributed by atoms with van der Waals surface area (Å²) in [6.07, 6.45) is -1.70. The number of rotatable bonds is 7. The van der Waals surface area contributed by atoms with Crippen molar-refractivity contribution in [1.82, 2.24) is 9.55 Å². The predicted molar refractivity (Wildman–Crippen MR) is 135 cm³/mol. The van der Waals surface area contributed by atoms with Crippen molar-refractivity contribution in [3.8, 4) is 0 Å². The maximum Gasteiger partial charge on any atom is 0.330 e. The quantitative estimate of drug-likeness (QED) is 0.391. The van der Waals surface area contributed by atoms with E-state index in [1.54, 1.807) is 6.92 Å². The third kappa shape index (κ3) is 4.43. The Bertz CT molecular complexity index is 1320. The van der Waals surface area contributed by atoms with Crippen LogP contribution < -0.4 is 11.2 Å². The molecule has 0 bridgehead atoms. The first-order valence-corrected chi connectivity index (χ1v) is 11.9. The summed E-state index contributed by atoms with van der Waals surface area (Å²) < 4.78 is 29.1. The first kappa shape index (κ1) is 23.9. The molecule has 1 N–H and O–H groups in total. The highest BCUT2D eigenvalue weighted by Gasteiger charge is 2.42. The van der Waals surface area contributed by atoms with E-state index in [9.17, 15) is 9.59 Å². The summed E-state index contributed by atoms with van der Waals surface area (Å²) in [6, 6.07) is 29.5. The lowest BCUT2D eigenvalue weighted by Gasteiger charge is -2.36. The van der Waals surface area contributed by atoms with Crippen molar-refractivity contribution >= 4 is 0 Å². The Hall–Kier alpha value is -3.81. The van der Waals surface area contributed by atoms with Gasteiger partial charge in [0.05, 0.1) is 6.61 Å². The fraction of sp³-hybridized carbons (Fsp3) is 0.241. The molecule has 0 saturated carbocycles. The topological polar surface area (TPSA) is 73.3 Å². The summed E-state index contributed by atoms with van der Waals surface area (Å²) in [4.78, 5) is 26.3. The van der Waals surface area contributed by atoms with E-state index in [1.165, 1.54) is 10.8 Å². The van der Waals surface area contributed by atoms with Crippen LogP contribution in [0.4, 0.5) is 4.39 Å². The van der Waals surface area contributed by atoms with E-state index in [0.717, 1.165) is 16.7 Å². The standard InChI is InChI=1S/C29H27FN2O4/c1-20-18-32(28(34)31-27(20)33)26-17-24(30)25(36-26)19-35-29(21-11-5-2-6-12-21,22-13-7-3-8-14-22)23-15-9-4-10-16-23/h2-16,18,24-26H,17,19H2,1H3,(H,31,33,34)/t24?,25-,26-/m1/s1. The van der Waals surface area contributed by atoms with Crippen molar-refractivity contribution in [2.75, 3.05) is 6.61 Å². The van der Waals surface area contributed by atoms with Gasteiger partial charge in [0.1, 0.15) is 24.1 Å². The Morgan fingerprint density at radius 2 is 1.42 bits per heavy atom. The number of ether oxygens (including phenoxy) is 2. The second-order valence-electron chi connectivity index (χ2n) is 8.95. The van der Waals surface area contributed by atoms with Crippen molar-refractivity contribution < 1.29 is 13.9 Å². The van der Waals surface area contributed by atoms with Gasteiger partial charge in [0.2, 0.25) is 0 Å². The van der Waals surface area contributed by atoms with Crippen LogP contribution in [0, 0.1) is 6.92 Å². The van der Waals surface area contributed by atoms with Crippen molar-refractivity contribution in [3.63, 3.8) is 0 Å². The van der Waals surface area contributed by atoms with E-state index in [2.05, 4.69) is 4.98 Å². The molecule has 7 heteroatoms.